The SMILES string of the molecule is C=C1C=C2c3cc(OC)c(OC)cc3CCN2C(=O)N1CCNC(N)=O. The van der Waals surface area contributed by atoms with Gasteiger partial charge in [-0.2, -0.15) is 0 Å². The van der Waals surface area contributed by atoms with Crippen LogP contribution in [0.15, 0.2) is 30.5 Å². The van der Waals surface area contributed by atoms with Crippen LogP contribution in [0.2, 0.25) is 0 Å². The molecule has 0 atom stereocenters. The minimum absolute atomic E-state index is 0.167. The molecule has 8 nitrogen and oxygen atoms in total. The molecular formula is C18H22N4O4. The minimum Gasteiger partial charge on any atom is -0.493 e. The molecule has 0 saturated heterocycles. The quantitative estimate of drug-likeness (QED) is 0.834. The monoisotopic (exact) mass is 358 g/mol. The Morgan fingerprint density at radius 3 is 2.65 bits per heavy atom. The van der Waals surface area contributed by atoms with Crippen molar-refractivity contribution >= 4 is 17.8 Å². The van der Waals surface area contributed by atoms with E-state index in [9.17, 15) is 9.59 Å². The maximum absolute atomic E-state index is 12.9. The second-order valence-corrected chi connectivity index (χ2v) is 6.01. The predicted molar refractivity (Wildman–Crippen MR) is 96.8 cm³/mol. The molecule has 1 aromatic rings. The lowest BCUT2D eigenvalue weighted by Gasteiger charge is -2.40. The summed E-state index contributed by atoms with van der Waals surface area (Å²) in [6, 6.07) is 3.04. The van der Waals surface area contributed by atoms with Crippen molar-refractivity contribution < 1.29 is 19.1 Å². The highest BCUT2D eigenvalue weighted by molar-refractivity contribution is 5.92. The van der Waals surface area contributed by atoms with Gasteiger partial charge in [0.15, 0.2) is 11.5 Å². The van der Waals surface area contributed by atoms with E-state index in [4.69, 9.17) is 15.2 Å². The number of ether oxygens (including phenoxy) is 2. The lowest BCUT2D eigenvalue weighted by atomic mass is 9.94. The summed E-state index contributed by atoms with van der Waals surface area (Å²) in [5.74, 6) is 1.28. The summed E-state index contributed by atoms with van der Waals surface area (Å²) in [5.41, 5.74) is 8.45. The van der Waals surface area contributed by atoms with E-state index in [1.54, 1.807) is 19.1 Å². The van der Waals surface area contributed by atoms with Crippen molar-refractivity contribution in [3.05, 3.63) is 41.6 Å². The van der Waals surface area contributed by atoms with Gasteiger partial charge in [0.25, 0.3) is 0 Å². The van der Waals surface area contributed by atoms with E-state index in [0.717, 1.165) is 16.8 Å². The van der Waals surface area contributed by atoms with Gasteiger partial charge in [0, 0.05) is 30.9 Å². The number of nitrogens with two attached hydrogens (primary N) is 1. The van der Waals surface area contributed by atoms with Gasteiger partial charge < -0.3 is 20.5 Å². The summed E-state index contributed by atoms with van der Waals surface area (Å²) in [5, 5.41) is 2.48. The van der Waals surface area contributed by atoms with E-state index in [1.165, 1.54) is 4.90 Å². The fraction of sp³-hybridized carbons (Fsp3) is 0.333. The maximum atomic E-state index is 12.9. The first-order valence-corrected chi connectivity index (χ1v) is 8.24. The fourth-order valence-corrected chi connectivity index (χ4v) is 3.25. The number of carbonyl (C=O) groups is 2. The molecule has 0 bridgehead atoms. The normalized spacial score (nSPS) is 15.8. The van der Waals surface area contributed by atoms with Crippen LogP contribution >= 0.6 is 0 Å². The lowest BCUT2D eigenvalue weighted by molar-refractivity contribution is 0.182. The number of primary amides is 1. The molecule has 8 heteroatoms. The zero-order valence-corrected chi connectivity index (χ0v) is 14.9. The van der Waals surface area contributed by atoms with E-state index < -0.39 is 6.03 Å². The van der Waals surface area contributed by atoms with Gasteiger partial charge in [0.1, 0.15) is 0 Å². The van der Waals surface area contributed by atoms with Crippen LogP contribution in [-0.4, -0.2) is 55.7 Å². The molecule has 0 aliphatic carbocycles. The molecule has 2 aliphatic rings. The van der Waals surface area contributed by atoms with Crippen molar-refractivity contribution in [1.29, 1.82) is 0 Å². The number of allylic oxidation sites excluding steroid dienone is 1. The Kier molecular flexibility index (Phi) is 4.75. The zero-order valence-electron chi connectivity index (χ0n) is 14.9. The van der Waals surface area contributed by atoms with Crippen molar-refractivity contribution in [2.75, 3.05) is 33.9 Å². The molecule has 2 aliphatic heterocycles. The third kappa shape index (κ3) is 3.05. The Hall–Kier alpha value is -3.16. The molecule has 0 spiro atoms. The van der Waals surface area contributed by atoms with Crippen LogP contribution in [0.4, 0.5) is 9.59 Å². The minimum atomic E-state index is -0.621. The average molecular weight is 358 g/mol. The number of benzene rings is 1. The van der Waals surface area contributed by atoms with Crippen molar-refractivity contribution in [3.8, 4) is 11.5 Å². The Morgan fingerprint density at radius 1 is 1.31 bits per heavy atom. The number of nitrogens with zero attached hydrogens (tertiary/aromatic N) is 2. The zero-order chi connectivity index (χ0) is 18.8. The number of amides is 4. The Balaban J connectivity index is 1.92. The topological polar surface area (TPSA) is 97.1 Å². The number of nitrogens with one attached hydrogen (secondary N) is 1. The summed E-state index contributed by atoms with van der Waals surface area (Å²) in [6.45, 7) is 5.11. The molecule has 0 unspecified atom stereocenters. The summed E-state index contributed by atoms with van der Waals surface area (Å²) in [7, 11) is 3.18. The Bertz CT molecular complexity index is 803. The highest BCUT2D eigenvalue weighted by Crippen LogP contribution is 2.40. The van der Waals surface area contributed by atoms with Gasteiger partial charge in [-0.25, -0.2) is 9.59 Å². The number of urea groups is 2. The van der Waals surface area contributed by atoms with E-state index in [-0.39, 0.29) is 12.6 Å². The fourth-order valence-electron chi connectivity index (χ4n) is 3.25. The van der Waals surface area contributed by atoms with Crippen molar-refractivity contribution in [3.63, 3.8) is 0 Å². The molecular weight excluding hydrogens is 336 g/mol. The molecule has 0 radical (unpaired) electrons. The Morgan fingerprint density at radius 2 is 2.00 bits per heavy atom. The third-order valence-corrected chi connectivity index (χ3v) is 4.53. The first kappa shape index (κ1) is 17.7. The van der Waals surface area contributed by atoms with E-state index in [1.807, 2.05) is 18.2 Å². The molecule has 3 rings (SSSR count). The van der Waals surface area contributed by atoms with Gasteiger partial charge in [-0.05, 0) is 30.2 Å². The van der Waals surface area contributed by atoms with Gasteiger partial charge in [0.2, 0.25) is 0 Å². The number of rotatable bonds is 5. The van der Waals surface area contributed by atoms with Crippen LogP contribution in [0.3, 0.4) is 0 Å². The van der Waals surface area contributed by atoms with Crippen molar-refractivity contribution in [2.24, 2.45) is 5.73 Å². The molecule has 1 aromatic carbocycles. The first-order chi connectivity index (χ1) is 12.5. The van der Waals surface area contributed by atoms with Gasteiger partial charge >= 0.3 is 12.1 Å². The van der Waals surface area contributed by atoms with Crippen LogP contribution in [-0.2, 0) is 6.42 Å². The summed E-state index contributed by atoms with van der Waals surface area (Å²) in [4.78, 5) is 27.0. The second kappa shape index (κ2) is 6.99. The van der Waals surface area contributed by atoms with Gasteiger partial charge in [-0.15, -0.1) is 0 Å². The smallest absolute Gasteiger partial charge is 0.329 e. The van der Waals surface area contributed by atoms with Crippen molar-refractivity contribution in [2.45, 2.75) is 6.42 Å². The summed E-state index contributed by atoms with van der Waals surface area (Å²) < 4.78 is 10.8. The summed E-state index contributed by atoms with van der Waals surface area (Å²) >= 11 is 0. The van der Waals surface area contributed by atoms with Crippen LogP contribution in [0, 0.1) is 0 Å². The second-order valence-electron chi connectivity index (χ2n) is 6.01. The number of hydrogen-bond donors (Lipinski definition) is 2. The lowest BCUT2D eigenvalue weighted by Crippen LogP contribution is -2.49. The van der Waals surface area contributed by atoms with Crippen LogP contribution in [0.25, 0.3) is 5.70 Å². The molecule has 4 amide bonds. The van der Waals surface area contributed by atoms with Crippen LogP contribution in [0.1, 0.15) is 11.1 Å². The van der Waals surface area contributed by atoms with Crippen LogP contribution in [0.5, 0.6) is 11.5 Å². The van der Waals surface area contributed by atoms with E-state index >= 15 is 0 Å². The highest BCUT2D eigenvalue weighted by Gasteiger charge is 2.34. The number of fused-ring (bicyclic) bond motifs is 3. The molecule has 2 heterocycles. The van der Waals surface area contributed by atoms with E-state index in [0.29, 0.717) is 36.7 Å². The van der Waals surface area contributed by atoms with Crippen molar-refractivity contribution in [1.82, 2.24) is 15.1 Å². The first-order valence-electron chi connectivity index (χ1n) is 8.24. The molecule has 0 aromatic heterocycles. The average Bonchev–Trinajstić information content (AvgIpc) is 2.62. The predicted octanol–water partition coefficient (Wildman–Crippen LogP) is 1.52. The highest BCUT2D eigenvalue weighted by atomic mass is 16.5. The van der Waals surface area contributed by atoms with Gasteiger partial charge in [-0.3, -0.25) is 9.80 Å². The summed E-state index contributed by atoms with van der Waals surface area (Å²) in [6.07, 6.45) is 2.58. The maximum Gasteiger partial charge on any atom is 0.329 e. The van der Waals surface area contributed by atoms with Gasteiger partial charge in [-0.1, -0.05) is 6.58 Å². The van der Waals surface area contributed by atoms with Gasteiger partial charge in [0.05, 0.1) is 19.9 Å². The number of methoxy groups -OCH3 is 2. The number of carbonyl (C=O) groups excluding carboxylic acids is 2. The van der Waals surface area contributed by atoms with Crippen LogP contribution < -0.4 is 20.5 Å². The largest absolute Gasteiger partial charge is 0.493 e. The molecule has 26 heavy (non-hydrogen) atoms. The molecule has 138 valence electrons. The third-order valence-electron chi connectivity index (χ3n) is 4.53. The standard InChI is InChI=1S/C18H22N4O4/c1-11-8-14-13-10-16(26-3)15(25-2)9-12(13)4-6-22(14)18(24)21(11)7-5-20-17(19)23/h8-10H,1,4-7H2,2-3H3,(H3,19,20,23). The van der Waals surface area contributed by atoms with E-state index in [2.05, 4.69) is 11.9 Å². The molecule has 0 fully saturated rings. The Labute approximate surface area is 151 Å². The molecule has 0 saturated carbocycles. The number of hydrogen-bond acceptors (Lipinski definition) is 4. The molecule has 3 N–H and O–H groups in total.